The number of hydrogen-bond donors (Lipinski definition) is 1. The van der Waals surface area contributed by atoms with Gasteiger partial charge in [0.2, 0.25) is 10.0 Å². The van der Waals surface area contributed by atoms with Crippen LogP contribution >= 0.6 is 0 Å². The molecule has 3 aromatic carbocycles. The molecule has 0 amide bonds. The number of nitrogens with zero attached hydrogens (tertiary/aromatic N) is 1. The van der Waals surface area contributed by atoms with E-state index >= 15 is 0 Å². The molecule has 5 heteroatoms. The van der Waals surface area contributed by atoms with Crippen LogP contribution in [0, 0.1) is 0 Å². The van der Waals surface area contributed by atoms with Gasteiger partial charge in [-0.25, -0.2) is 8.42 Å². The number of fused-ring (bicyclic) bond motifs is 2. The monoisotopic (exact) mass is 404 g/mol. The fourth-order valence-electron chi connectivity index (χ4n) is 4.78. The highest BCUT2D eigenvalue weighted by Gasteiger charge is 2.56. The predicted octanol–water partition coefficient (Wildman–Crippen LogP) is 3.62. The van der Waals surface area contributed by atoms with E-state index in [-0.39, 0.29) is 23.8 Å². The summed E-state index contributed by atoms with van der Waals surface area (Å²) in [4.78, 5) is 0. The quantitative estimate of drug-likeness (QED) is 0.707. The smallest absolute Gasteiger partial charge is 0.218 e. The van der Waals surface area contributed by atoms with Crippen molar-refractivity contribution in [1.29, 1.82) is 0 Å². The Bertz CT molecular complexity index is 1070. The molecule has 0 radical (unpaired) electrons. The van der Waals surface area contributed by atoms with Gasteiger partial charge in [0.1, 0.15) is 0 Å². The van der Waals surface area contributed by atoms with Gasteiger partial charge in [0.25, 0.3) is 0 Å². The highest BCUT2D eigenvalue weighted by molar-refractivity contribution is 7.88. The van der Waals surface area contributed by atoms with Gasteiger partial charge in [-0.1, -0.05) is 84.9 Å². The molecular formula is C24H24N2O2S. The molecule has 0 saturated carbocycles. The van der Waals surface area contributed by atoms with Crippen molar-refractivity contribution >= 4 is 10.0 Å². The molecule has 2 aliphatic heterocycles. The third-order valence-corrected chi connectivity index (χ3v) is 7.99. The van der Waals surface area contributed by atoms with Gasteiger partial charge in [0.15, 0.2) is 0 Å². The number of rotatable bonds is 5. The van der Waals surface area contributed by atoms with E-state index in [1.165, 1.54) is 16.7 Å². The lowest BCUT2D eigenvalue weighted by Gasteiger charge is -2.58. The molecule has 2 aliphatic rings. The average molecular weight is 405 g/mol. The van der Waals surface area contributed by atoms with Crippen molar-refractivity contribution < 1.29 is 8.42 Å². The molecule has 2 bridgehead atoms. The van der Waals surface area contributed by atoms with Crippen LogP contribution in [-0.4, -0.2) is 37.9 Å². The second-order valence-corrected chi connectivity index (χ2v) is 9.75. The third kappa shape index (κ3) is 3.39. The summed E-state index contributed by atoms with van der Waals surface area (Å²) in [5, 5.41) is 3.38. The summed E-state index contributed by atoms with van der Waals surface area (Å²) >= 11 is 0. The molecule has 5 rings (SSSR count). The van der Waals surface area contributed by atoms with Gasteiger partial charge in [0, 0.05) is 31.1 Å². The summed E-state index contributed by atoms with van der Waals surface area (Å²) in [6.45, 7) is 1.41. The maximum absolute atomic E-state index is 13.1. The molecule has 3 aromatic rings. The van der Waals surface area contributed by atoms with E-state index < -0.39 is 10.0 Å². The van der Waals surface area contributed by atoms with Gasteiger partial charge in [-0.05, 0) is 22.3 Å². The van der Waals surface area contributed by atoms with E-state index in [9.17, 15) is 8.42 Å². The number of nitrogens with one attached hydrogen (secondary N) is 1. The molecule has 1 unspecified atom stereocenters. The fourth-order valence-corrected chi connectivity index (χ4v) is 6.77. The first kappa shape index (κ1) is 18.6. The molecule has 1 N–H and O–H groups in total. The molecule has 2 fully saturated rings. The first-order valence-electron chi connectivity index (χ1n) is 10.0. The van der Waals surface area contributed by atoms with Crippen LogP contribution < -0.4 is 5.32 Å². The molecule has 0 aliphatic carbocycles. The number of benzene rings is 3. The van der Waals surface area contributed by atoms with Crippen LogP contribution in [-0.2, 0) is 15.8 Å². The van der Waals surface area contributed by atoms with Crippen molar-refractivity contribution in [1.82, 2.24) is 9.62 Å². The van der Waals surface area contributed by atoms with E-state index in [2.05, 4.69) is 41.7 Å². The van der Waals surface area contributed by atoms with Gasteiger partial charge < -0.3 is 5.32 Å². The number of piperazine rings is 1. The maximum atomic E-state index is 13.1. The van der Waals surface area contributed by atoms with E-state index in [1.54, 1.807) is 4.31 Å². The molecule has 3 atom stereocenters. The van der Waals surface area contributed by atoms with E-state index in [4.69, 9.17) is 0 Å². The zero-order chi connectivity index (χ0) is 19.8. The zero-order valence-electron chi connectivity index (χ0n) is 16.1. The third-order valence-electron chi connectivity index (χ3n) is 6.11. The zero-order valence-corrected chi connectivity index (χ0v) is 16.9. The second-order valence-electron chi connectivity index (χ2n) is 7.88. The Morgan fingerprint density at radius 2 is 1.31 bits per heavy atom. The van der Waals surface area contributed by atoms with Gasteiger partial charge in [-0.2, -0.15) is 4.31 Å². The molecule has 2 heterocycles. The number of piperidine rings is 1. The van der Waals surface area contributed by atoms with Crippen LogP contribution in [0.2, 0.25) is 0 Å². The van der Waals surface area contributed by atoms with Crippen LogP contribution in [0.25, 0.3) is 11.1 Å². The maximum Gasteiger partial charge on any atom is 0.218 e. The normalized spacial score (nSPS) is 24.1. The van der Waals surface area contributed by atoms with Gasteiger partial charge in [-0.15, -0.1) is 0 Å². The van der Waals surface area contributed by atoms with Crippen molar-refractivity contribution in [2.45, 2.75) is 23.8 Å². The lowest BCUT2D eigenvalue weighted by atomic mass is 9.74. The molecule has 29 heavy (non-hydrogen) atoms. The Labute approximate surface area is 172 Å². The molecule has 148 valence electrons. The molecule has 4 nitrogen and oxygen atoms in total. The molecule has 0 aromatic heterocycles. The number of hydrogen-bond acceptors (Lipinski definition) is 3. The van der Waals surface area contributed by atoms with E-state index in [1.807, 2.05) is 48.5 Å². The largest absolute Gasteiger partial charge is 0.313 e. The highest BCUT2D eigenvalue weighted by atomic mass is 32.2. The van der Waals surface area contributed by atoms with E-state index in [0.29, 0.717) is 13.1 Å². The number of sulfonamides is 1. The molecular weight excluding hydrogens is 380 g/mol. The summed E-state index contributed by atoms with van der Waals surface area (Å²) in [6.07, 6.45) is 0. The van der Waals surface area contributed by atoms with E-state index in [0.717, 1.165) is 5.56 Å². The van der Waals surface area contributed by atoms with Gasteiger partial charge in [-0.3, -0.25) is 0 Å². The van der Waals surface area contributed by atoms with Crippen molar-refractivity contribution in [2.75, 3.05) is 13.1 Å². The van der Waals surface area contributed by atoms with Crippen molar-refractivity contribution in [3.63, 3.8) is 0 Å². The Morgan fingerprint density at radius 3 is 1.93 bits per heavy atom. The highest BCUT2D eigenvalue weighted by Crippen LogP contribution is 2.45. The summed E-state index contributed by atoms with van der Waals surface area (Å²) in [7, 11) is -3.33. The Kier molecular flexibility index (Phi) is 4.74. The minimum Gasteiger partial charge on any atom is -0.313 e. The van der Waals surface area contributed by atoms with Crippen LogP contribution in [0.4, 0.5) is 0 Å². The second kappa shape index (κ2) is 7.41. The van der Waals surface area contributed by atoms with Crippen LogP contribution in [0.15, 0.2) is 84.9 Å². The standard InChI is InChI=1S/C24H24N2O2S/c27-29(28,17-18-7-3-1-4-8-18)26-22-15-25-16-23(26)24(22)21-13-11-20(12-14-21)19-9-5-2-6-10-19/h1-14,22-25H,15-17H2/t22-,23+,24?. The topological polar surface area (TPSA) is 49.4 Å². The van der Waals surface area contributed by atoms with Crippen LogP contribution in [0.3, 0.4) is 0 Å². The Balaban J connectivity index is 1.37. The summed E-state index contributed by atoms with van der Waals surface area (Å²) in [5.74, 6) is 0.326. The lowest BCUT2D eigenvalue weighted by molar-refractivity contribution is 0.0369. The van der Waals surface area contributed by atoms with Gasteiger partial charge >= 0.3 is 0 Å². The SMILES string of the molecule is O=S(=O)(Cc1ccccc1)N1[C@@H]2CNC[C@H]1C2c1ccc(-c2ccccc2)cc1. The predicted molar refractivity (Wildman–Crippen MR) is 116 cm³/mol. The Hall–Kier alpha value is -2.47. The minimum absolute atomic E-state index is 0.00922. The van der Waals surface area contributed by atoms with Crippen LogP contribution in [0.5, 0.6) is 0 Å². The Morgan fingerprint density at radius 1 is 0.759 bits per heavy atom. The molecule has 0 spiro atoms. The average Bonchev–Trinajstić information content (AvgIpc) is 2.75. The fraction of sp³-hybridized carbons (Fsp3) is 0.250. The van der Waals surface area contributed by atoms with Gasteiger partial charge in [0.05, 0.1) is 5.75 Å². The van der Waals surface area contributed by atoms with Crippen molar-refractivity contribution in [3.05, 3.63) is 96.1 Å². The van der Waals surface area contributed by atoms with Crippen LogP contribution in [0.1, 0.15) is 17.0 Å². The molecule has 2 saturated heterocycles. The summed E-state index contributed by atoms with van der Waals surface area (Å²) in [6, 6.07) is 28.4. The van der Waals surface area contributed by atoms with Crippen molar-refractivity contribution in [3.8, 4) is 11.1 Å². The summed E-state index contributed by atoms with van der Waals surface area (Å²) in [5.41, 5.74) is 4.45. The van der Waals surface area contributed by atoms with Crippen molar-refractivity contribution in [2.24, 2.45) is 0 Å². The summed E-state index contributed by atoms with van der Waals surface area (Å²) < 4.78 is 28.0. The first-order chi connectivity index (χ1) is 14.1. The minimum atomic E-state index is -3.33. The lowest BCUT2D eigenvalue weighted by Crippen LogP contribution is -2.73. The first-order valence-corrected chi connectivity index (χ1v) is 11.7.